The minimum Gasteiger partial charge on any atom is -0.377 e. The number of H-pyrrole nitrogens is 1. The normalized spacial score (nSPS) is 13.3. The first-order valence-electron chi connectivity index (χ1n) is 5.18. The Morgan fingerprint density at radius 2 is 1.71 bits per heavy atom. The van der Waals surface area contributed by atoms with Crippen molar-refractivity contribution in [2.75, 3.05) is 0 Å². The van der Waals surface area contributed by atoms with Crippen LogP contribution in [0, 0.1) is 20.2 Å². The molecule has 0 saturated heterocycles. The average molecular weight is 306 g/mol. The van der Waals surface area contributed by atoms with Gasteiger partial charge in [0, 0.05) is 6.07 Å². The highest BCUT2D eigenvalue weighted by Crippen LogP contribution is 2.35. The van der Waals surface area contributed by atoms with Crippen molar-refractivity contribution in [2.45, 2.75) is 12.3 Å². The number of aromatic amines is 1. The second-order valence-electron chi connectivity index (χ2n) is 3.94. The van der Waals surface area contributed by atoms with E-state index in [-0.39, 0.29) is 11.0 Å². The molecule has 9 nitrogen and oxygen atoms in total. The predicted octanol–water partition coefficient (Wildman–Crippen LogP) is 1.97. The summed E-state index contributed by atoms with van der Waals surface area (Å²) < 4.78 is 37.1. The molecule has 0 saturated carbocycles. The van der Waals surface area contributed by atoms with Gasteiger partial charge in [-0.25, -0.2) is 4.98 Å². The Morgan fingerprint density at radius 1 is 1.19 bits per heavy atom. The number of imidazole rings is 1. The highest BCUT2D eigenvalue weighted by atomic mass is 19.4. The molecule has 0 radical (unpaired) electrons. The molecule has 0 aliphatic heterocycles. The van der Waals surface area contributed by atoms with Crippen LogP contribution in [0.15, 0.2) is 12.1 Å². The average Bonchev–Trinajstić information content (AvgIpc) is 2.77. The maximum Gasteiger partial charge on any atom is 0.421 e. The van der Waals surface area contributed by atoms with E-state index in [9.17, 15) is 33.4 Å². The lowest BCUT2D eigenvalue weighted by Gasteiger charge is -2.10. The number of rotatable bonds is 3. The molecule has 2 N–H and O–H groups in total. The number of hydrogen-bond acceptors (Lipinski definition) is 6. The zero-order chi connectivity index (χ0) is 15.9. The molecular formula is C9H5F3N4O5. The summed E-state index contributed by atoms with van der Waals surface area (Å²) in [4.78, 5) is 24.7. The Hall–Kier alpha value is -2.76. The Balaban J connectivity index is 2.64. The van der Waals surface area contributed by atoms with Gasteiger partial charge in [0.2, 0.25) is 6.10 Å². The molecule has 0 aliphatic carbocycles. The highest BCUT2D eigenvalue weighted by molar-refractivity contribution is 5.82. The molecule has 2 aromatic rings. The summed E-state index contributed by atoms with van der Waals surface area (Å²) in [6.07, 6.45) is -7.92. The van der Waals surface area contributed by atoms with E-state index in [0.29, 0.717) is 12.1 Å². The van der Waals surface area contributed by atoms with Crippen LogP contribution < -0.4 is 0 Å². The van der Waals surface area contributed by atoms with Gasteiger partial charge in [-0.2, -0.15) is 13.2 Å². The highest BCUT2D eigenvalue weighted by Gasteiger charge is 2.41. The van der Waals surface area contributed by atoms with Gasteiger partial charge in [-0.05, 0) is 0 Å². The smallest absolute Gasteiger partial charge is 0.377 e. The van der Waals surface area contributed by atoms with E-state index in [4.69, 9.17) is 5.11 Å². The van der Waals surface area contributed by atoms with E-state index in [1.807, 2.05) is 0 Å². The number of halogens is 3. The van der Waals surface area contributed by atoms with Crippen LogP contribution in [-0.4, -0.2) is 31.1 Å². The van der Waals surface area contributed by atoms with Gasteiger partial charge in [-0.3, -0.25) is 20.2 Å². The van der Waals surface area contributed by atoms with E-state index in [1.165, 1.54) is 0 Å². The van der Waals surface area contributed by atoms with E-state index in [2.05, 4.69) is 9.97 Å². The van der Waals surface area contributed by atoms with Crippen LogP contribution in [0.2, 0.25) is 0 Å². The summed E-state index contributed by atoms with van der Waals surface area (Å²) in [7, 11) is 0. The van der Waals surface area contributed by atoms with Crippen molar-refractivity contribution >= 4 is 22.4 Å². The third-order valence-corrected chi connectivity index (χ3v) is 2.56. The van der Waals surface area contributed by atoms with Crippen molar-refractivity contribution in [1.29, 1.82) is 0 Å². The molecule has 21 heavy (non-hydrogen) atoms. The minimum atomic E-state index is -4.99. The monoisotopic (exact) mass is 306 g/mol. The summed E-state index contributed by atoms with van der Waals surface area (Å²) in [5, 5.41) is 30.4. The number of benzene rings is 1. The van der Waals surface area contributed by atoms with Crippen LogP contribution in [0.3, 0.4) is 0 Å². The minimum absolute atomic E-state index is 0.231. The van der Waals surface area contributed by atoms with Crippen molar-refractivity contribution in [2.24, 2.45) is 0 Å². The fourth-order valence-electron chi connectivity index (χ4n) is 1.63. The maximum absolute atomic E-state index is 12.4. The number of nitrogens with zero attached hydrogens (tertiary/aromatic N) is 3. The van der Waals surface area contributed by atoms with Crippen LogP contribution in [-0.2, 0) is 0 Å². The Kier molecular flexibility index (Phi) is 3.25. The lowest BCUT2D eigenvalue weighted by molar-refractivity contribution is -0.422. The Labute approximate surface area is 112 Å². The summed E-state index contributed by atoms with van der Waals surface area (Å²) in [5.41, 5.74) is -2.34. The van der Waals surface area contributed by atoms with Gasteiger partial charge in [0.25, 0.3) is 0 Å². The number of aliphatic hydroxyl groups is 1. The molecule has 0 bridgehead atoms. The third-order valence-electron chi connectivity index (χ3n) is 2.56. The molecule has 1 aromatic heterocycles. The quantitative estimate of drug-likeness (QED) is 0.657. The van der Waals surface area contributed by atoms with Crippen molar-refractivity contribution < 1.29 is 28.1 Å². The number of fused-ring (bicyclic) bond motifs is 1. The van der Waals surface area contributed by atoms with Gasteiger partial charge >= 0.3 is 17.6 Å². The fraction of sp³-hybridized carbons (Fsp3) is 0.222. The third kappa shape index (κ3) is 2.60. The number of aromatic nitrogens is 2. The van der Waals surface area contributed by atoms with Gasteiger partial charge in [-0.1, -0.05) is 0 Å². The number of nitrogens with one attached hydrogen (secondary N) is 1. The summed E-state index contributed by atoms with van der Waals surface area (Å²) in [6.45, 7) is 0. The van der Waals surface area contributed by atoms with E-state index in [1.54, 1.807) is 0 Å². The second-order valence-corrected chi connectivity index (χ2v) is 3.94. The molecule has 0 amide bonds. The number of nitro groups is 2. The topological polar surface area (TPSA) is 135 Å². The van der Waals surface area contributed by atoms with Crippen molar-refractivity contribution in [3.05, 3.63) is 38.2 Å². The van der Waals surface area contributed by atoms with E-state index in [0.717, 1.165) is 0 Å². The van der Waals surface area contributed by atoms with Gasteiger partial charge in [-0.15, -0.1) is 0 Å². The van der Waals surface area contributed by atoms with Crippen LogP contribution in [0.5, 0.6) is 0 Å². The van der Waals surface area contributed by atoms with Crippen molar-refractivity contribution in [3.8, 4) is 0 Å². The zero-order valence-electron chi connectivity index (χ0n) is 9.79. The molecule has 1 unspecified atom stereocenters. The molecule has 0 aliphatic rings. The molecule has 2 rings (SSSR count). The molecule has 12 heteroatoms. The maximum atomic E-state index is 12.4. The van der Waals surface area contributed by atoms with Gasteiger partial charge < -0.3 is 10.1 Å². The van der Waals surface area contributed by atoms with Gasteiger partial charge in [0.15, 0.2) is 0 Å². The lowest BCUT2D eigenvalue weighted by atomic mass is 10.2. The van der Waals surface area contributed by atoms with Crippen LogP contribution in [0.25, 0.3) is 11.0 Å². The van der Waals surface area contributed by atoms with Gasteiger partial charge in [0.05, 0.1) is 26.9 Å². The first kappa shape index (κ1) is 14.6. The van der Waals surface area contributed by atoms with Crippen molar-refractivity contribution in [3.63, 3.8) is 0 Å². The molecule has 1 aromatic carbocycles. The molecule has 1 atom stereocenters. The first-order valence-corrected chi connectivity index (χ1v) is 5.18. The van der Waals surface area contributed by atoms with E-state index >= 15 is 0 Å². The zero-order valence-corrected chi connectivity index (χ0v) is 9.79. The fourth-order valence-corrected chi connectivity index (χ4v) is 1.63. The predicted molar refractivity (Wildman–Crippen MR) is 60.4 cm³/mol. The number of nitro benzene ring substituents is 2. The van der Waals surface area contributed by atoms with Gasteiger partial charge in [0.1, 0.15) is 5.82 Å². The number of aliphatic hydroxyl groups excluding tert-OH is 1. The second kappa shape index (κ2) is 4.66. The summed E-state index contributed by atoms with van der Waals surface area (Å²) >= 11 is 0. The molecule has 112 valence electrons. The van der Waals surface area contributed by atoms with E-state index < -0.39 is 39.3 Å². The van der Waals surface area contributed by atoms with Crippen LogP contribution >= 0.6 is 0 Å². The molecule has 1 heterocycles. The van der Waals surface area contributed by atoms with Crippen molar-refractivity contribution in [1.82, 2.24) is 9.97 Å². The SMILES string of the molecule is O=[N+]([O-])c1cc2nc(C(O)C(F)(F)F)[nH]c2cc1[N+](=O)[O-]. The number of alkyl halides is 3. The summed E-state index contributed by atoms with van der Waals surface area (Å²) in [6, 6.07) is 1.35. The largest absolute Gasteiger partial charge is 0.421 e. The Bertz CT molecular complexity index is 690. The van der Waals surface area contributed by atoms with Crippen LogP contribution in [0.4, 0.5) is 24.5 Å². The number of hydrogen-bond donors (Lipinski definition) is 2. The lowest BCUT2D eigenvalue weighted by Crippen LogP contribution is -2.21. The Morgan fingerprint density at radius 3 is 2.19 bits per heavy atom. The van der Waals surface area contributed by atoms with Crippen LogP contribution in [0.1, 0.15) is 11.9 Å². The summed E-state index contributed by atoms with van der Waals surface area (Å²) in [5.74, 6) is -0.910. The molecule has 0 fully saturated rings. The first-order chi connectivity index (χ1) is 9.61. The molecular weight excluding hydrogens is 301 g/mol. The molecule has 0 spiro atoms. The standard InChI is InChI=1S/C9H5F3N4O5/c10-9(11,12)7(17)8-13-3-1-5(15(18)19)6(16(20)21)2-4(3)14-8/h1-2,7,17H,(H,13,14).